The molecule has 0 amide bonds. The fourth-order valence-electron chi connectivity index (χ4n) is 2.35. The average molecular weight is 296 g/mol. The molecule has 0 bridgehead atoms. The molecule has 0 aliphatic rings. The molecule has 0 fully saturated rings. The third-order valence-corrected chi connectivity index (χ3v) is 3.31. The van der Waals surface area contributed by atoms with Crippen molar-refractivity contribution in [3.8, 4) is 5.75 Å². The van der Waals surface area contributed by atoms with Gasteiger partial charge in [-0.3, -0.25) is 10.1 Å². The first-order valence-corrected chi connectivity index (χ1v) is 7.15. The summed E-state index contributed by atoms with van der Waals surface area (Å²) in [7, 11) is 1.42. The number of nitrogens with one attached hydrogen (secondary N) is 1. The van der Waals surface area contributed by atoms with E-state index in [1.165, 1.54) is 13.2 Å². The third kappa shape index (κ3) is 5.59. The van der Waals surface area contributed by atoms with E-state index < -0.39 is 4.92 Å². The van der Waals surface area contributed by atoms with Crippen LogP contribution in [0.25, 0.3) is 0 Å². The number of benzene rings is 1. The van der Waals surface area contributed by atoms with Crippen LogP contribution in [0.5, 0.6) is 5.75 Å². The van der Waals surface area contributed by atoms with Crippen molar-refractivity contribution in [1.29, 1.82) is 0 Å². The standard InChI is InChI=1S/C15H24N2O4/c1-11(2)8-12(6-7-18)10-16-13-4-5-14(17(19)20)15(9-13)21-3/h4-5,9,11-12,16,18H,6-8,10H2,1-3H3. The molecule has 21 heavy (non-hydrogen) atoms. The SMILES string of the molecule is COc1cc(NCC(CCO)CC(C)C)ccc1[N+](=O)[O-]. The summed E-state index contributed by atoms with van der Waals surface area (Å²) >= 11 is 0. The molecule has 2 N–H and O–H groups in total. The molecule has 0 aromatic heterocycles. The van der Waals surface area contributed by atoms with Crippen LogP contribution in [0, 0.1) is 22.0 Å². The number of nitro benzene ring substituents is 1. The lowest BCUT2D eigenvalue weighted by Gasteiger charge is -2.19. The fourth-order valence-corrected chi connectivity index (χ4v) is 2.35. The second-order valence-corrected chi connectivity index (χ2v) is 5.53. The highest BCUT2D eigenvalue weighted by Gasteiger charge is 2.15. The van der Waals surface area contributed by atoms with E-state index in [4.69, 9.17) is 9.84 Å². The van der Waals surface area contributed by atoms with Gasteiger partial charge in [-0.25, -0.2) is 0 Å². The lowest BCUT2D eigenvalue weighted by atomic mass is 9.94. The van der Waals surface area contributed by atoms with Crippen LogP contribution in [0.3, 0.4) is 0 Å². The highest BCUT2D eigenvalue weighted by atomic mass is 16.6. The van der Waals surface area contributed by atoms with Crippen LogP contribution in [0.4, 0.5) is 11.4 Å². The van der Waals surface area contributed by atoms with Crippen molar-refractivity contribution < 1.29 is 14.8 Å². The smallest absolute Gasteiger partial charge is 0.311 e. The molecule has 0 aliphatic heterocycles. The van der Waals surface area contributed by atoms with Crippen LogP contribution in [0.2, 0.25) is 0 Å². The van der Waals surface area contributed by atoms with Gasteiger partial charge >= 0.3 is 5.69 Å². The van der Waals surface area contributed by atoms with Crippen LogP contribution in [0.15, 0.2) is 18.2 Å². The number of rotatable bonds is 9. The van der Waals surface area contributed by atoms with Crippen LogP contribution < -0.4 is 10.1 Å². The molecule has 0 heterocycles. The Kier molecular flexibility index (Phi) is 6.94. The first kappa shape index (κ1) is 17.2. The molecule has 6 nitrogen and oxygen atoms in total. The Bertz CT molecular complexity index is 463. The molecule has 1 unspecified atom stereocenters. The number of ether oxygens (including phenoxy) is 1. The zero-order chi connectivity index (χ0) is 15.8. The van der Waals surface area contributed by atoms with Gasteiger partial charge in [0.15, 0.2) is 5.75 Å². The van der Waals surface area contributed by atoms with Gasteiger partial charge in [0.1, 0.15) is 0 Å². The molecule has 1 aromatic carbocycles. The van der Waals surface area contributed by atoms with Gasteiger partial charge in [-0.05, 0) is 30.7 Å². The van der Waals surface area contributed by atoms with Gasteiger partial charge in [0.25, 0.3) is 0 Å². The van der Waals surface area contributed by atoms with E-state index in [9.17, 15) is 10.1 Å². The van der Waals surface area contributed by atoms with Gasteiger partial charge in [0.2, 0.25) is 0 Å². The Morgan fingerprint density at radius 3 is 2.67 bits per heavy atom. The molecule has 0 aliphatic carbocycles. The monoisotopic (exact) mass is 296 g/mol. The molecule has 1 aromatic rings. The number of nitro groups is 1. The Balaban J connectivity index is 2.71. The molecule has 1 atom stereocenters. The molecular weight excluding hydrogens is 272 g/mol. The van der Waals surface area contributed by atoms with Crippen molar-refractivity contribution in [3.63, 3.8) is 0 Å². The number of methoxy groups -OCH3 is 1. The first-order chi connectivity index (χ1) is 9.97. The molecule has 1 rings (SSSR count). The summed E-state index contributed by atoms with van der Waals surface area (Å²) in [5.74, 6) is 1.18. The minimum absolute atomic E-state index is 0.0443. The van der Waals surface area contributed by atoms with E-state index in [1.807, 2.05) is 0 Å². The Morgan fingerprint density at radius 1 is 1.43 bits per heavy atom. The number of aliphatic hydroxyl groups excluding tert-OH is 1. The predicted octanol–water partition coefficient (Wildman–Crippen LogP) is 3.06. The maximum atomic E-state index is 10.8. The zero-order valence-corrected chi connectivity index (χ0v) is 12.8. The summed E-state index contributed by atoms with van der Waals surface area (Å²) in [6.07, 6.45) is 1.77. The number of anilines is 1. The molecule has 0 saturated carbocycles. The van der Waals surface area contributed by atoms with Crippen molar-refractivity contribution >= 4 is 11.4 Å². The van der Waals surface area contributed by atoms with Crippen LogP contribution in [-0.2, 0) is 0 Å². The minimum atomic E-state index is -0.462. The van der Waals surface area contributed by atoms with Crippen molar-refractivity contribution in [2.75, 3.05) is 25.6 Å². The first-order valence-electron chi connectivity index (χ1n) is 7.15. The lowest BCUT2D eigenvalue weighted by molar-refractivity contribution is -0.385. The minimum Gasteiger partial charge on any atom is -0.490 e. The summed E-state index contributed by atoms with van der Waals surface area (Å²) in [6.45, 7) is 5.20. The lowest BCUT2D eigenvalue weighted by Crippen LogP contribution is -2.17. The van der Waals surface area contributed by atoms with E-state index >= 15 is 0 Å². The van der Waals surface area contributed by atoms with E-state index in [0.717, 1.165) is 25.1 Å². The van der Waals surface area contributed by atoms with Crippen molar-refractivity contribution in [1.82, 2.24) is 0 Å². The number of hydrogen-bond acceptors (Lipinski definition) is 5. The van der Waals surface area contributed by atoms with Crippen molar-refractivity contribution in [2.24, 2.45) is 11.8 Å². The number of aliphatic hydroxyl groups is 1. The quantitative estimate of drug-likeness (QED) is 0.540. The second-order valence-electron chi connectivity index (χ2n) is 5.53. The topological polar surface area (TPSA) is 84.6 Å². The van der Waals surface area contributed by atoms with Gasteiger partial charge in [0, 0.05) is 31.0 Å². The fraction of sp³-hybridized carbons (Fsp3) is 0.600. The molecule has 118 valence electrons. The van der Waals surface area contributed by atoms with E-state index in [1.54, 1.807) is 12.1 Å². The predicted molar refractivity (Wildman–Crippen MR) is 82.8 cm³/mol. The molecule has 0 spiro atoms. The molecular formula is C15H24N2O4. The van der Waals surface area contributed by atoms with Crippen molar-refractivity contribution in [2.45, 2.75) is 26.7 Å². The maximum Gasteiger partial charge on any atom is 0.311 e. The molecule has 0 saturated heterocycles. The van der Waals surface area contributed by atoms with Crippen molar-refractivity contribution in [3.05, 3.63) is 28.3 Å². The number of hydrogen-bond donors (Lipinski definition) is 2. The highest BCUT2D eigenvalue weighted by Crippen LogP contribution is 2.30. The normalized spacial score (nSPS) is 12.2. The Hall–Kier alpha value is -1.82. The Morgan fingerprint density at radius 2 is 2.14 bits per heavy atom. The van der Waals surface area contributed by atoms with Gasteiger partial charge in [-0.2, -0.15) is 0 Å². The van der Waals surface area contributed by atoms with Gasteiger partial charge in [-0.1, -0.05) is 13.8 Å². The number of nitrogens with zero attached hydrogens (tertiary/aromatic N) is 1. The summed E-state index contributed by atoms with van der Waals surface area (Å²) in [5, 5.41) is 23.2. The van der Waals surface area contributed by atoms with E-state index in [2.05, 4.69) is 19.2 Å². The zero-order valence-electron chi connectivity index (χ0n) is 12.8. The summed E-state index contributed by atoms with van der Waals surface area (Å²) in [5.41, 5.74) is 0.737. The van der Waals surface area contributed by atoms with Crippen LogP contribution in [-0.4, -0.2) is 30.3 Å². The third-order valence-electron chi connectivity index (χ3n) is 3.31. The van der Waals surface area contributed by atoms with Gasteiger partial charge < -0.3 is 15.2 Å². The summed E-state index contributed by atoms with van der Waals surface area (Å²) in [4.78, 5) is 10.4. The van der Waals surface area contributed by atoms with Crippen LogP contribution >= 0.6 is 0 Å². The van der Waals surface area contributed by atoms with E-state index in [-0.39, 0.29) is 18.0 Å². The second kappa shape index (κ2) is 8.46. The van der Waals surface area contributed by atoms with Gasteiger partial charge in [-0.15, -0.1) is 0 Å². The largest absolute Gasteiger partial charge is 0.490 e. The highest BCUT2D eigenvalue weighted by molar-refractivity contribution is 5.57. The van der Waals surface area contributed by atoms with Crippen LogP contribution in [0.1, 0.15) is 26.7 Å². The average Bonchev–Trinajstić information content (AvgIpc) is 2.43. The Labute approximate surface area is 125 Å². The summed E-state index contributed by atoms with van der Waals surface area (Å²) < 4.78 is 5.04. The maximum absolute atomic E-state index is 10.8. The summed E-state index contributed by atoms with van der Waals surface area (Å²) in [6, 6.07) is 4.74. The van der Waals surface area contributed by atoms with Gasteiger partial charge in [0.05, 0.1) is 12.0 Å². The molecule has 6 heteroatoms. The van der Waals surface area contributed by atoms with E-state index in [0.29, 0.717) is 11.8 Å². The molecule has 0 radical (unpaired) electrons.